The van der Waals surface area contributed by atoms with Gasteiger partial charge in [0.2, 0.25) is 0 Å². The predicted octanol–water partition coefficient (Wildman–Crippen LogP) is 2.96. The number of aryl methyl sites for hydroxylation is 1. The highest BCUT2D eigenvalue weighted by Crippen LogP contribution is 2.28. The number of nitrogens with zero attached hydrogens (tertiary/aromatic N) is 2. The van der Waals surface area contributed by atoms with Gasteiger partial charge in [-0.3, -0.25) is 0 Å². The fourth-order valence-corrected chi connectivity index (χ4v) is 2.23. The molecule has 1 aromatic carbocycles. The molecule has 0 saturated carbocycles. The van der Waals surface area contributed by atoms with Crippen LogP contribution >= 0.6 is 0 Å². The van der Waals surface area contributed by atoms with Gasteiger partial charge in [-0.1, -0.05) is 6.07 Å². The second-order valence-electron chi connectivity index (χ2n) is 6.11. The SMILES string of the molecule is Cc1ccc(OCCCC(C)(C)O)cc1-c1cnnc(N)c1. The van der Waals surface area contributed by atoms with E-state index in [1.54, 1.807) is 26.1 Å². The van der Waals surface area contributed by atoms with Crippen LogP contribution in [0.25, 0.3) is 11.1 Å². The average molecular weight is 301 g/mol. The maximum atomic E-state index is 9.69. The highest BCUT2D eigenvalue weighted by molar-refractivity contribution is 5.69. The van der Waals surface area contributed by atoms with Crippen LogP contribution in [0, 0.1) is 6.92 Å². The topological polar surface area (TPSA) is 81.3 Å². The van der Waals surface area contributed by atoms with Crippen LogP contribution in [-0.4, -0.2) is 27.5 Å². The van der Waals surface area contributed by atoms with Gasteiger partial charge in [0, 0.05) is 5.56 Å². The van der Waals surface area contributed by atoms with Crippen molar-refractivity contribution in [3.8, 4) is 16.9 Å². The summed E-state index contributed by atoms with van der Waals surface area (Å²) in [6.45, 7) is 6.21. The summed E-state index contributed by atoms with van der Waals surface area (Å²) < 4.78 is 5.77. The third kappa shape index (κ3) is 4.70. The normalized spacial score (nSPS) is 11.5. The number of aliphatic hydroxyl groups is 1. The molecule has 3 N–H and O–H groups in total. The van der Waals surface area contributed by atoms with Crippen LogP contribution in [0.15, 0.2) is 30.5 Å². The van der Waals surface area contributed by atoms with Crippen molar-refractivity contribution in [2.24, 2.45) is 0 Å². The number of hydrogen-bond donors (Lipinski definition) is 2. The molecule has 1 aromatic heterocycles. The lowest BCUT2D eigenvalue weighted by Crippen LogP contribution is -2.19. The second-order valence-corrected chi connectivity index (χ2v) is 6.11. The van der Waals surface area contributed by atoms with E-state index in [4.69, 9.17) is 10.5 Å². The molecule has 0 bridgehead atoms. The second kappa shape index (κ2) is 6.75. The molecule has 0 aliphatic heterocycles. The zero-order valence-electron chi connectivity index (χ0n) is 13.3. The Morgan fingerprint density at radius 1 is 1.27 bits per heavy atom. The molecule has 5 nitrogen and oxygen atoms in total. The van der Waals surface area contributed by atoms with Crippen molar-refractivity contribution in [3.05, 3.63) is 36.0 Å². The molecule has 2 rings (SSSR count). The first-order valence-electron chi connectivity index (χ1n) is 7.39. The smallest absolute Gasteiger partial charge is 0.146 e. The minimum Gasteiger partial charge on any atom is -0.494 e. The van der Waals surface area contributed by atoms with Crippen molar-refractivity contribution in [3.63, 3.8) is 0 Å². The molecule has 5 heteroatoms. The van der Waals surface area contributed by atoms with Crippen LogP contribution in [0.1, 0.15) is 32.3 Å². The minimum absolute atomic E-state index is 0.397. The molecule has 0 saturated heterocycles. The van der Waals surface area contributed by atoms with Crippen molar-refractivity contribution in [2.75, 3.05) is 12.3 Å². The van der Waals surface area contributed by atoms with E-state index in [0.29, 0.717) is 18.8 Å². The van der Waals surface area contributed by atoms with E-state index < -0.39 is 5.60 Å². The highest BCUT2D eigenvalue weighted by Gasteiger charge is 2.11. The van der Waals surface area contributed by atoms with Gasteiger partial charge in [0.1, 0.15) is 11.6 Å². The van der Waals surface area contributed by atoms with Crippen molar-refractivity contribution < 1.29 is 9.84 Å². The zero-order valence-corrected chi connectivity index (χ0v) is 13.3. The van der Waals surface area contributed by atoms with E-state index in [-0.39, 0.29) is 0 Å². The predicted molar refractivity (Wildman–Crippen MR) is 87.6 cm³/mol. The minimum atomic E-state index is -0.651. The number of anilines is 1. The quantitative estimate of drug-likeness (QED) is 0.802. The summed E-state index contributed by atoms with van der Waals surface area (Å²) in [5.41, 5.74) is 8.12. The fourth-order valence-electron chi connectivity index (χ4n) is 2.23. The molecule has 2 aromatic rings. The summed E-state index contributed by atoms with van der Waals surface area (Å²) in [4.78, 5) is 0. The zero-order chi connectivity index (χ0) is 16.2. The Hall–Kier alpha value is -2.14. The Bertz CT molecular complexity index is 636. The highest BCUT2D eigenvalue weighted by atomic mass is 16.5. The first kappa shape index (κ1) is 16.2. The number of ether oxygens (including phenoxy) is 1. The Balaban J connectivity index is 2.07. The summed E-state index contributed by atoms with van der Waals surface area (Å²) in [5, 5.41) is 17.4. The molecule has 0 radical (unpaired) electrons. The standard InChI is InChI=1S/C17H23N3O2/c1-12-5-6-14(22-8-4-7-17(2,3)21)10-15(12)13-9-16(18)20-19-11-13/h5-6,9-11,21H,4,7-8H2,1-3H3,(H2,18,20). The van der Waals surface area contributed by atoms with Crippen LogP contribution in [0.2, 0.25) is 0 Å². The molecule has 1 heterocycles. The molecule has 0 spiro atoms. The summed E-state index contributed by atoms with van der Waals surface area (Å²) in [6, 6.07) is 7.74. The van der Waals surface area contributed by atoms with Gasteiger partial charge in [0.15, 0.2) is 0 Å². The molecule has 0 amide bonds. The first-order chi connectivity index (χ1) is 10.3. The van der Waals surface area contributed by atoms with Crippen LogP contribution in [0.3, 0.4) is 0 Å². The molecule has 0 aliphatic rings. The van der Waals surface area contributed by atoms with Gasteiger partial charge in [0.05, 0.1) is 18.4 Å². The van der Waals surface area contributed by atoms with Crippen molar-refractivity contribution in [1.82, 2.24) is 10.2 Å². The molecule has 0 aliphatic carbocycles. The van der Waals surface area contributed by atoms with Crippen molar-refractivity contribution >= 4 is 5.82 Å². The van der Waals surface area contributed by atoms with Gasteiger partial charge in [-0.15, -0.1) is 5.10 Å². The van der Waals surface area contributed by atoms with E-state index in [1.807, 2.05) is 25.1 Å². The van der Waals surface area contributed by atoms with Crippen molar-refractivity contribution in [2.45, 2.75) is 39.2 Å². The van der Waals surface area contributed by atoms with Crippen molar-refractivity contribution in [1.29, 1.82) is 0 Å². The van der Waals surface area contributed by atoms with Crippen LogP contribution < -0.4 is 10.5 Å². The Labute approximate surface area is 131 Å². The number of aromatic nitrogens is 2. The number of benzene rings is 1. The lowest BCUT2D eigenvalue weighted by molar-refractivity contribution is 0.0641. The van der Waals surface area contributed by atoms with Crippen LogP contribution in [0.5, 0.6) is 5.75 Å². The third-order valence-corrected chi connectivity index (χ3v) is 3.40. The van der Waals surface area contributed by atoms with E-state index in [1.165, 1.54) is 0 Å². The van der Waals surface area contributed by atoms with E-state index in [2.05, 4.69) is 10.2 Å². The molecule has 0 fully saturated rings. The number of hydrogen-bond acceptors (Lipinski definition) is 5. The van der Waals surface area contributed by atoms with Gasteiger partial charge < -0.3 is 15.6 Å². The van der Waals surface area contributed by atoms with Gasteiger partial charge in [-0.05, 0) is 62.9 Å². The third-order valence-electron chi connectivity index (χ3n) is 3.40. The molecule has 118 valence electrons. The maximum Gasteiger partial charge on any atom is 0.146 e. The molecule has 22 heavy (non-hydrogen) atoms. The Morgan fingerprint density at radius 3 is 2.73 bits per heavy atom. The van der Waals surface area contributed by atoms with Gasteiger partial charge in [-0.25, -0.2) is 0 Å². The molecular weight excluding hydrogens is 278 g/mol. The summed E-state index contributed by atoms with van der Waals surface area (Å²) in [5.74, 6) is 1.19. The van der Waals surface area contributed by atoms with Gasteiger partial charge >= 0.3 is 0 Å². The lowest BCUT2D eigenvalue weighted by atomic mass is 10.0. The largest absolute Gasteiger partial charge is 0.494 e. The van der Waals surface area contributed by atoms with Gasteiger partial charge in [-0.2, -0.15) is 5.10 Å². The lowest BCUT2D eigenvalue weighted by Gasteiger charge is -2.17. The Morgan fingerprint density at radius 2 is 2.05 bits per heavy atom. The van der Waals surface area contributed by atoms with Gasteiger partial charge in [0.25, 0.3) is 0 Å². The Kier molecular flexibility index (Phi) is 4.98. The summed E-state index contributed by atoms with van der Waals surface area (Å²) >= 11 is 0. The molecule has 0 atom stereocenters. The maximum absolute atomic E-state index is 9.69. The van der Waals surface area contributed by atoms with Crippen LogP contribution in [0.4, 0.5) is 5.82 Å². The summed E-state index contributed by atoms with van der Waals surface area (Å²) in [6.07, 6.45) is 3.20. The number of nitrogen functional groups attached to an aromatic ring is 1. The van der Waals surface area contributed by atoms with Crippen LogP contribution in [-0.2, 0) is 0 Å². The molecular formula is C17H23N3O2. The van der Waals surface area contributed by atoms with E-state index in [0.717, 1.165) is 28.9 Å². The number of rotatable bonds is 6. The fraction of sp³-hybridized carbons (Fsp3) is 0.412. The van der Waals surface area contributed by atoms with E-state index in [9.17, 15) is 5.11 Å². The number of nitrogens with two attached hydrogens (primary N) is 1. The van der Waals surface area contributed by atoms with E-state index >= 15 is 0 Å². The summed E-state index contributed by atoms with van der Waals surface area (Å²) in [7, 11) is 0. The monoisotopic (exact) mass is 301 g/mol. The first-order valence-corrected chi connectivity index (χ1v) is 7.39. The molecule has 0 unspecified atom stereocenters. The average Bonchev–Trinajstić information content (AvgIpc) is 2.44.